The van der Waals surface area contributed by atoms with Crippen LogP contribution in [-0.2, 0) is 14.4 Å². The van der Waals surface area contributed by atoms with Crippen molar-refractivity contribution >= 4 is 17.7 Å². The highest BCUT2D eigenvalue weighted by Crippen LogP contribution is 1.99. The predicted molar refractivity (Wildman–Crippen MR) is 59.3 cm³/mol. The molecule has 0 aliphatic carbocycles. The summed E-state index contributed by atoms with van der Waals surface area (Å²) in [4.78, 5) is 35.0. The Morgan fingerprint density at radius 2 is 1.75 bits per heavy atom. The van der Waals surface area contributed by atoms with Crippen LogP contribution in [0.5, 0.6) is 0 Å². The molecule has 0 aliphatic heterocycles. The first kappa shape index (κ1) is 14.6. The maximum atomic E-state index is 11.6. The van der Waals surface area contributed by atoms with Crippen LogP contribution in [0.1, 0.15) is 27.7 Å². The number of nitrogens with one attached hydrogen (secondary N) is 1. The molecule has 0 saturated heterocycles. The molecule has 0 saturated carbocycles. The molecule has 92 valence electrons. The molecule has 0 radical (unpaired) electrons. The smallest absolute Gasteiger partial charge is 0.318 e. The van der Waals surface area contributed by atoms with Crippen LogP contribution in [-0.4, -0.2) is 41.2 Å². The molecule has 0 atom stereocenters. The minimum Gasteiger partial charge on any atom is -0.343 e. The van der Waals surface area contributed by atoms with E-state index in [4.69, 9.17) is 5.73 Å². The third kappa shape index (κ3) is 4.88. The lowest BCUT2D eigenvalue weighted by atomic mass is 10.1. The maximum Gasteiger partial charge on any atom is 0.318 e. The van der Waals surface area contributed by atoms with Crippen LogP contribution in [0.15, 0.2) is 0 Å². The van der Waals surface area contributed by atoms with E-state index in [2.05, 4.69) is 5.32 Å². The Balaban J connectivity index is 4.62. The van der Waals surface area contributed by atoms with E-state index in [-0.39, 0.29) is 13.1 Å². The summed E-state index contributed by atoms with van der Waals surface area (Å²) in [5.41, 5.74) is 4.74. The Hall–Kier alpha value is -1.43. The van der Waals surface area contributed by atoms with Crippen molar-refractivity contribution in [1.82, 2.24) is 10.2 Å². The number of nitrogens with two attached hydrogens (primary N) is 1. The predicted octanol–water partition coefficient (Wildman–Crippen LogP) is -0.765. The highest BCUT2D eigenvalue weighted by molar-refractivity contribution is 6.37. The zero-order valence-electron chi connectivity index (χ0n) is 10.2. The number of nitrogens with zero attached hydrogens (tertiary/aromatic N) is 1. The van der Waals surface area contributed by atoms with Crippen LogP contribution in [0, 0.1) is 0 Å². The number of carbonyl (C=O) groups is 3. The zero-order chi connectivity index (χ0) is 12.9. The monoisotopic (exact) mass is 229 g/mol. The SMILES string of the molecule is CC(=O)N(CCN)C(=O)C(=O)NC(C)(C)C. The zero-order valence-corrected chi connectivity index (χ0v) is 10.2. The molecule has 0 fully saturated rings. The Kier molecular flexibility index (Phi) is 5.10. The van der Waals surface area contributed by atoms with E-state index in [9.17, 15) is 14.4 Å². The van der Waals surface area contributed by atoms with Crippen LogP contribution in [0.2, 0.25) is 0 Å². The van der Waals surface area contributed by atoms with Gasteiger partial charge in [-0.2, -0.15) is 0 Å². The van der Waals surface area contributed by atoms with Crippen molar-refractivity contribution in [2.45, 2.75) is 33.2 Å². The van der Waals surface area contributed by atoms with Crippen molar-refractivity contribution in [2.75, 3.05) is 13.1 Å². The Morgan fingerprint density at radius 1 is 1.25 bits per heavy atom. The molecular weight excluding hydrogens is 210 g/mol. The molecule has 0 heterocycles. The molecule has 0 aromatic carbocycles. The van der Waals surface area contributed by atoms with Crippen LogP contribution in [0.25, 0.3) is 0 Å². The number of carbonyl (C=O) groups excluding carboxylic acids is 3. The fourth-order valence-corrected chi connectivity index (χ4v) is 1.05. The second kappa shape index (κ2) is 5.60. The van der Waals surface area contributed by atoms with E-state index in [0.717, 1.165) is 4.90 Å². The molecule has 3 amide bonds. The molecule has 0 rings (SSSR count). The summed E-state index contributed by atoms with van der Waals surface area (Å²) < 4.78 is 0. The standard InChI is InChI=1S/C10H19N3O3/c1-7(14)13(6-5-11)9(16)8(15)12-10(2,3)4/h5-6,11H2,1-4H3,(H,12,15). The summed E-state index contributed by atoms with van der Waals surface area (Å²) in [6, 6.07) is 0. The largest absolute Gasteiger partial charge is 0.343 e. The topological polar surface area (TPSA) is 92.5 Å². The van der Waals surface area contributed by atoms with E-state index < -0.39 is 23.3 Å². The molecule has 0 spiro atoms. The first-order chi connectivity index (χ1) is 7.19. The summed E-state index contributed by atoms with van der Waals surface area (Å²) in [6.07, 6.45) is 0. The van der Waals surface area contributed by atoms with Gasteiger partial charge in [-0.3, -0.25) is 19.3 Å². The molecule has 0 aliphatic rings. The number of imide groups is 1. The maximum absolute atomic E-state index is 11.6. The lowest BCUT2D eigenvalue weighted by molar-refractivity contribution is -0.152. The molecule has 6 nitrogen and oxygen atoms in total. The van der Waals surface area contributed by atoms with Gasteiger partial charge in [-0.25, -0.2) is 0 Å². The van der Waals surface area contributed by atoms with Gasteiger partial charge in [-0.1, -0.05) is 0 Å². The third-order valence-electron chi connectivity index (χ3n) is 1.66. The summed E-state index contributed by atoms with van der Waals surface area (Å²) in [5.74, 6) is -2.15. The van der Waals surface area contributed by atoms with Gasteiger partial charge in [0.2, 0.25) is 5.91 Å². The Labute approximate surface area is 95.2 Å². The van der Waals surface area contributed by atoms with Gasteiger partial charge in [0.05, 0.1) is 0 Å². The molecule has 0 unspecified atom stereocenters. The summed E-state index contributed by atoms with van der Waals surface area (Å²) in [6.45, 7) is 6.65. The van der Waals surface area contributed by atoms with Crippen molar-refractivity contribution in [3.8, 4) is 0 Å². The second-order valence-corrected chi connectivity index (χ2v) is 4.47. The normalized spacial score (nSPS) is 10.8. The first-order valence-electron chi connectivity index (χ1n) is 5.03. The quantitative estimate of drug-likeness (QED) is 0.608. The lowest BCUT2D eigenvalue weighted by Gasteiger charge is -2.23. The molecule has 3 N–H and O–H groups in total. The van der Waals surface area contributed by atoms with E-state index >= 15 is 0 Å². The number of rotatable bonds is 2. The summed E-state index contributed by atoms with van der Waals surface area (Å²) in [7, 11) is 0. The minimum atomic E-state index is -0.868. The first-order valence-corrected chi connectivity index (χ1v) is 5.03. The van der Waals surface area contributed by atoms with Crippen molar-refractivity contribution < 1.29 is 14.4 Å². The number of hydrogen-bond donors (Lipinski definition) is 2. The fraction of sp³-hybridized carbons (Fsp3) is 0.700. The highest BCUT2D eigenvalue weighted by atomic mass is 16.2. The van der Waals surface area contributed by atoms with Gasteiger partial charge in [-0.05, 0) is 20.8 Å². The Morgan fingerprint density at radius 3 is 2.06 bits per heavy atom. The summed E-state index contributed by atoms with van der Waals surface area (Å²) >= 11 is 0. The highest BCUT2D eigenvalue weighted by Gasteiger charge is 2.27. The molecule has 0 bridgehead atoms. The van der Waals surface area contributed by atoms with Gasteiger partial charge >= 0.3 is 11.8 Å². The van der Waals surface area contributed by atoms with Gasteiger partial charge in [0.15, 0.2) is 0 Å². The van der Waals surface area contributed by atoms with Gasteiger partial charge in [0.1, 0.15) is 0 Å². The van der Waals surface area contributed by atoms with E-state index in [1.54, 1.807) is 20.8 Å². The van der Waals surface area contributed by atoms with E-state index in [1.807, 2.05) is 0 Å². The molecule has 0 aromatic rings. The van der Waals surface area contributed by atoms with Crippen LogP contribution in [0.4, 0.5) is 0 Å². The molecular formula is C10H19N3O3. The van der Waals surface area contributed by atoms with Crippen molar-refractivity contribution in [3.05, 3.63) is 0 Å². The minimum absolute atomic E-state index is 0.0474. The van der Waals surface area contributed by atoms with Gasteiger partial charge < -0.3 is 11.1 Å². The van der Waals surface area contributed by atoms with Crippen LogP contribution < -0.4 is 11.1 Å². The van der Waals surface area contributed by atoms with Gasteiger partial charge in [0, 0.05) is 25.6 Å². The average Bonchev–Trinajstić information content (AvgIpc) is 2.09. The average molecular weight is 229 g/mol. The van der Waals surface area contributed by atoms with Crippen LogP contribution in [0.3, 0.4) is 0 Å². The fourth-order valence-electron chi connectivity index (χ4n) is 1.05. The number of hydrogen-bond acceptors (Lipinski definition) is 4. The number of amides is 3. The molecule has 16 heavy (non-hydrogen) atoms. The van der Waals surface area contributed by atoms with Crippen molar-refractivity contribution in [2.24, 2.45) is 5.73 Å². The molecule has 6 heteroatoms. The van der Waals surface area contributed by atoms with E-state index in [1.165, 1.54) is 6.92 Å². The van der Waals surface area contributed by atoms with Crippen molar-refractivity contribution in [3.63, 3.8) is 0 Å². The van der Waals surface area contributed by atoms with Crippen LogP contribution >= 0.6 is 0 Å². The van der Waals surface area contributed by atoms with E-state index in [0.29, 0.717) is 0 Å². The Bertz CT molecular complexity index is 294. The lowest BCUT2D eigenvalue weighted by Crippen LogP contribution is -2.51. The second-order valence-electron chi connectivity index (χ2n) is 4.47. The summed E-state index contributed by atoms with van der Waals surface area (Å²) in [5, 5.41) is 2.49. The van der Waals surface area contributed by atoms with Gasteiger partial charge in [0.25, 0.3) is 0 Å². The molecule has 0 aromatic heterocycles. The van der Waals surface area contributed by atoms with Crippen molar-refractivity contribution in [1.29, 1.82) is 0 Å². The third-order valence-corrected chi connectivity index (χ3v) is 1.66. The van der Waals surface area contributed by atoms with Gasteiger partial charge in [-0.15, -0.1) is 0 Å².